The molecule has 4 heterocycles. The van der Waals surface area contributed by atoms with Crippen LogP contribution in [-0.4, -0.2) is 13.4 Å². The van der Waals surface area contributed by atoms with Gasteiger partial charge in [0.15, 0.2) is 0 Å². The molecule has 0 N–H and O–H groups in total. The molecule has 0 saturated heterocycles. The van der Waals surface area contributed by atoms with Crippen molar-refractivity contribution in [2.45, 2.75) is 281 Å². The molecule has 0 atom stereocenters. The fourth-order valence-corrected chi connectivity index (χ4v) is 20.2. The summed E-state index contributed by atoms with van der Waals surface area (Å²) < 4.78 is 0. The molecule has 0 saturated carbocycles. The van der Waals surface area contributed by atoms with Crippen LogP contribution in [0.5, 0.6) is 0 Å². The summed E-state index contributed by atoms with van der Waals surface area (Å²) in [5.74, 6) is 0. The van der Waals surface area contributed by atoms with Gasteiger partial charge in [0.1, 0.15) is 0 Å². The van der Waals surface area contributed by atoms with Gasteiger partial charge in [0.25, 0.3) is 0 Å². The second-order valence-corrected chi connectivity index (χ2v) is 46.0. The quantitative estimate of drug-likeness (QED) is 0.140. The Bertz CT molecular complexity index is 5100. The topological polar surface area (TPSA) is 13.0 Å². The Labute approximate surface area is 696 Å². The van der Waals surface area contributed by atoms with Gasteiger partial charge in [-0.2, -0.15) is 0 Å². The Morgan fingerprint density at radius 2 is 0.447 bits per heavy atom. The van der Waals surface area contributed by atoms with E-state index in [0.717, 1.165) is 45.5 Å². The van der Waals surface area contributed by atoms with Crippen LogP contribution in [-0.2, 0) is 54.1 Å². The molecule has 4 aliphatic rings. The van der Waals surface area contributed by atoms with E-state index < -0.39 is 0 Å². The average molecular weight is 1540 g/mol. The van der Waals surface area contributed by atoms with Crippen LogP contribution in [0.1, 0.15) is 263 Å². The number of benzene rings is 11. The summed E-state index contributed by atoms with van der Waals surface area (Å²) in [5.41, 5.74) is 34.4. The van der Waals surface area contributed by atoms with Crippen molar-refractivity contribution in [3.8, 4) is 0 Å². The number of fused-ring (bicyclic) bond motifs is 8. The van der Waals surface area contributed by atoms with Gasteiger partial charge in [-0.25, -0.2) is 0 Å². The smallest absolute Gasteiger partial charge is 0.249 e. The van der Waals surface area contributed by atoms with Crippen molar-refractivity contribution in [2.24, 2.45) is 0 Å². The maximum absolute atomic E-state index is 2.78. The van der Waals surface area contributed by atoms with Crippen molar-refractivity contribution >= 4 is 138 Å². The third-order valence-electron chi connectivity index (χ3n) is 24.7. The zero-order valence-corrected chi connectivity index (χ0v) is 76.0. The molecule has 0 radical (unpaired) electrons. The molecule has 0 unspecified atom stereocenters. The highest BCUT2D eigenvalue weighted by atomic mass is 32.2. The summed E-state index contributed by atoms with van der Waals surface area (Å²) in [6, 6.07) is 83.3. The average Bonchev–Trinajstić information content (AvgIpc) is 0.682. The highest BCUT2D eigenvalue weighted by Gasteiger charge is 2.50. The van der Waals surface area contributed by atoms with E-state index >= 15 is 0 Å². The SMILES string of the molecule is CC(C)(C)c1ccc(N(c2ccc(C(C)(C)C)cc2)c2cc3c4c(c2)N(c2ccc(C(C)(C)C)cc2)c2cc5c(cc2B4c2c(cc(C(C)(C)C)cc2C(C)(C)C)S3)B2c3c(cc(N(c4ccc(C(C)(C)C)cc4)c4ccc(C(C)(C)C)cc4)cc3N5c3ccc(C(C)(C)C)cc3)Sc3cc(C(C)(C)C)cc(C(C)(C)C)c32)cc1. The number of hydrogen-bond acceptors (Lipinski definition) is 6. The van der Waals surface area contributed by atoms with E-state index in [1.807, 2.05) is 23.5 Å². The van der Waals surface area contributed by atoms with Crippen molar-refractivity contribution in [1.29, 1.82) is 0 Å². The monoisotopic (exact) mass is 1540 g/mol. The lowest BCUT2D eigenvalue weighted by Gasteiger charge is -2.46. The maximum Gasteiger partial charge on any atom is 0.249 e. The predicted octanol–water partition coefficient (Wildman–Crippen LogP) is 27.1. The van der Waals surface area contributed by atoms with E-state index in [1.54, 1.807) is 0 Å². The molecule has 11 aromatic carbocycles. The molecule has 8 heteroatoms. The van der Waals surface area contributed by atoms with Crippen molar-refractivity contribution < 1.29 is 0 Å². The number of hydrogen-bond donors (Lipinski definition) is 0. The van der Waals surface area contributed by atoms with E-state index in [0.29, 0.717) is 0 Å². The minimum absolute atomic E-state index is 0.0273. The van der Waals surface area contributed by atoms with Gasteiger partial charge >= 0.3 is 0 Å². The van der Waals surface area contributed by atoms with Gasteiger partial charge in [-0.1, -0.05) is 333 Å². The van der Waals surface area contributed by atoms with Crippen molar-refractivity contribution in [1.82, 2.24) is 0 Å². The van der Waals surface area contributed by atoms with Crippen molar-refractivity contribution in [2.75, 3.05) is 19.6 Å². The van der Waals surface area contributed by atoms with Gasteiger partial charge < -0.3 is 19.6 Å². The Kier molecular flexibility index (Phi) is 19.5. The third kappa shape index (κ3) is 14.7. The van der Waals surface area contributed by atoms with Crippen LogP contribution >= 0.6 is 23.5 Å². The van der Waals surface area contributed by atoms with Crippen LogP contribution in [0, 0.1) is 0 Å². The molecule has 11 aromatic rings. The Balaban J connectivity index is 1.11. The zero-order valence-electron chi connectivity index (χ0n) is 74.4. The van der Waals surface area contributed by atoms with E-state index in [9.17, 15) is 0 Å². The fourth-order valence-electron chi connectivity index (χ4n) is 17.7. The molecule has 4 aliphatic heterocycles. The lowest BCUT2D eigenvalue weighted by atomic mass is 9.30. The molecule has 0 amide bonds. The molecule has 0 fully saturated rings. The lowest BCUT2D eigenvalue weighted by molar-refractivity contribution is 0.568. The summed E-state index contributed by atoms with van der Waals surface area (Å²) in [6.45, 7) is 70.8. The van der Waals surface area contributed by atoms with Gasteiger partial charge in [-0.05, 0) is 247 Å². The van der Waals surface area contributed by atoms with E-state index in [2.05, 4.69) is 434 Å². The molecule has 15 rings (SSSR count). The fraction of sp³-hybridized carbons (Fsp3) is 0.377. The summed E-state index contributed by atoms with van der Waals surface area (Å²) in [5, 5.41) is 0. The van der Waals surface area contributed by atoms with E-state index in [-0.39, 0.29) is 67.6 Å². The van der Waals surface area contributed by atoms with Gasteiger partial charge in [-0.15, -0.1) is 0 Å². The molecule has 114 heavy (non-hydrogen) atoms. The molecule has 0 aliphatic carbocycles. The standard InChI is InChI=1S/C106H124B2N4S2/c1-97(2,3)65-31-43-73(44-32-65)109(74-45-33-66(34-46-74)98(4,5)6)79-59-87-95-91(61-79)113-89-57-71(103(19,20)21)55-81(105(25,26)27)93(89)107(95)83-63-84-86(64-85(83)111(87)77-51-39-69(40-52-77)101(13,14)15)112(78-53-41-70(42-54-78)102(16,17)18)88-60-80(62-92-96(88)108(84)94-82(106(28,29)30)56-72(104(22,23)24)58-90(94)114-92)110(75-47-35-67(36-48-75)99(7,8)9)76-49-37-68(38-50-76)100(10,11)12/h31-64H,1-30H3. The van der Waals surface area contributed by atoms with E-state index in [1.165, 1.54) is 131 Å². The first-order chi connectivity index (χ1) is 52.8. The highest BCUT2D eigenvalue weighted by Crippen LogP contribution is 2.54. The highest BCUT2D eigenvalue weighted by molar-refractivity contribution is 8.00. The lowest BCUT2D eigenvalue weighted by Crippen LogP contribution is -2.65. The van der Waals surface area contributed by atoms with Crippen LogP contribution in [0.3, 0.4) is 0 Å². The molecule has 586 valence electrons. The minimum atomic E-state index is -0.225. The second kappa shape index (κ2) is 27.5. The maximum atomic E-state index is 2.78. The molecule has 0 spiro atoms. The summed E-state index contributed by atoms with van der Waals surface area (Å²) >= 11 is 3.98. The number of nitrogens with zero attached hydrogens (tertiary/aromatic N) is 4. The van der Waals surface area contributed by atoms with Crippen molar-refractivity contribution in [3.63, 3.8) is 0 Å². The van der Waals surface area contributed by atoms with E-state index in [4.69, 9.17) is 0 Å². The number of rotatable bonds is 8. The van der Waals surface area contributed by atoms with Crippen LogP contribution in [0.2, 0.25) is 0 Å². The largest absolute Gasteiger partial charge is 0.311 e. The number of anilines is 12. The molecule has 0 bridgehead atoms. The second-order valence-electron chi connectivity index (χ2n) is 43.8. The summed E-state index contributed by atoms with van der Waals surface area (Å²) in [4.78, 5) is 15.7. The summed E-state index contributed by atoms with van der Waals surface area (Å²) in [7, 11) is 0. The molecular weight excluding hydrogens is 1410 g/mol. The van der Waals surface area contributed by atoms with Crippen molar-refractivity contribution in [3.05, 3.63) is 262 Å². The first kappa shape index (κ1) is 80.6. The molecule has 0 aromatic heterocycles. The van der Waals surface area contributed by atoms with Crippen LogP contribution < -0.4 is 52.4 Å². The molecular formula is C106H124B2N4S2. The normalized spacial score (nSPS) is 14.4. The zero-order chi connectivity index (χ0) is 82.4. The predicted molar refractivity (Wildman–Crippen MR) is 503 cm³/mol. The molecule has 4 nitrogen and oxygen atoms in total. The van der Waals surface area contributed by atoms with Crippen LogP contribution in [0.4, 0.5) is 68.2 Å². The Morgan fingerprint density at radius 1 is 0.211 bits per heavy atom. The van der Waals surface area contributed by atoms with Crippen LogP contribution in [0.25, 0.3) is 0 Å². The first-order valence-corrected chi connectivity index (χ1v) is 43.6. The summed E-state index contributed by atoms with van der Waals surface area (Å²) in [6.07, 6.45) is 0. The minimum Gasteiger partial charge on any atom is -0.311 e. The van der Waals surface area contributed by atoms with Gasteiger partial charge in [0.2, 0.25) is 13.4 Å². The first-order valence-electron chi connectivity index (χ1n) is 41.9. The third-order valence-corrected chi connectivity index (χ3v) is 26.9. The van der Waals surface area contributed by atoms with Crippen LogP contribution in [0.15, 0.2) is 226 Å². The van der Waals surface area contributed by atoms with Gasteiger partial charge in [-0.3, -0.25) is 0 Å². The Hall–Kier alpha value is -8.55. The van der Waals surface area contributed by atoms with Gasteiger partial charge in [0.05, 0.1) is 0 Å². The Morgan fingerprint density at radius 3 is 0.684 bits per heavy atom. The van der Waals surface area contributed by atoms with Gasteiger partial charge in [0, 0.05) is 87.8 Å².